The Morgan fingerprint density at radius 2 is 2.30 bits per heavy atom. The Kier molecular flexibility index (Phi) is 3.16. The molecule has 0 aliphatic carbocycles. The lowest BCUT2D eigenvalue weighted by Crippen LogP contribution is -2.08. The van der Waals surface area contributed by atoms with Gasteiger partial charge in [-0.25, -0.2) is 0 Å². The molecule has 10 heavy (non-hydrogen) atoms. The largest absolute Gasteiger partial charge is 0.396 e. The van der Waals surface area contributed by atoms with Gasteiger partial charge < -0.3 is 9.84 Å². The van der Waals surface area contributed by atoms with Crippen LogP contribution in [0.1, 0.15) is 32.6 Å². The summed E-state index contributed by atoms with van der Waals surface area (Å²) in [5.41, 5.74) is 0. The Balaban J connectivity index is 2.06. The molecule has 0 bridgehead atoms. The van der Waals surface area contributed by atoms with Gasteiger partial charge in [0, 0.05) is 6.61 Å². The molecule has 1 aliphatic rings. The van der Waals surface area contributed by atoms with Gasteiger partial charge in [0.15, 0.2) is 0 Å². The van der Waals surface area contributed by atoms with Crippen LogP contribution in [0.25, 0.3) is 0 Å². The first-order valence-electron chi connectivity index (χ1n) is 4.09. The van der Waals surface area contributed by atoms with Gasteiger partial charge >= 0.3 is 0 Å². The van der Waals surface area contributed by atoms with Crippen molar-refractivity contribution < 1.29 is 9.84 Å². The molecule has 0 amide bonds. The minimum Gasteiger partial charge on any atom is -0.396 e. The van der Waals surface area contributed by atoms with Crippen molar-refractivity contribution in [2.75, 3.05) is 6.61 Å². The summed E-state index contributed by atoms with van der Waals surface area (Å²) in [5.74, 6) is 0. The van der Waals surface area contributed by atoms with Crippen LogP contribution in [-0.2, 0) is 4.74 Å². The van der Waals surface area contributed by atoms with E-state index in [1.165, 1.54) is 12.8 Å². The smallest absolute Gasteiger partial charge is 0.0580 e. The zero-order valence-corrected chi connectivity index (χ0v) is 6.55. The van der Waals surface area contributed by atoms with E-state index in [0.29, 0.717) is 18.8 Å². The van der Waals surface area contributed by atoms with Gasteiger partial charge in [-0.15, -0.1) is 0 Å². The Morgan fingerprint density at radius 1 is 1.50 bits per heavy atom. The summed E-state index contributed by atoms with van der Waals surface area (Å²) in [7, 11) is 0. The Hall–Kier alpha value is -0.0800. The van der Waals surface area contributed by atoms with Crippen molar-refractivity contribution in [3.63, 3.8) is 0 Å². The maximum absolute atomic E-state index is 8.54. The van der Waals surface area contributed by atoms with E-state index >= 15 is 0 Å². The molecule has 2 nitrogen and oxygen atoms in total. The summed E-state index contributed by atoms with van der Waals surface area (Å²) in [6.45, 7) is 2.41. The number of ether oxygens (including phenoxy) is 1. The first-order chi connectivity index (χ1) is 4.83. The average molecular weight is 144 g/mol. The molecule has 1 saturated heterocycles. The van der Waals surface area contributed by atoms with Crippen molar-refractivity contribution in [2.24, 2.45) is 0 Å². The van der Waals surface area contributed by atoms with Crippen LogP contribution in [0.2, 0.25) is 0 Å². The van der Waals surface area contributed by atoms with Gasteiger partial charge in [0.1, 0.15) is 0 Å². The number of hydrogen-bond acceptors (Lipinski definition) is 2. The van der Waals surface area contributed by atoms with Crippen LogP contribution in [0.4, 0.5) is 0 Å². The number of rotatable bonds is 3. The lowest BCUT2D eigenvalue weighted by molar-refractivity contribution is 0.0468. The Bertz CT molecular complexity index is 93.3. The summed E-state index contributed by atoms with van der Waals surface area (Å²) >= 11 is 0. The minimum atomic E-state index is 0.300. The SMILES string of the molecule is C[C@H]1CC[C@H](CCCO)O1. The molecular weight excluding hydrogens is 128 g/mol. The van der Waals surface area contributed by atoms with E-state index in [1.807, 2.05) is 0 Å². The third-order valence-corrected chi connectivity index (χ3v) is 2.00. The minimum absolute atomic E-state index is 0.300. The molecule has 0 saturated carbocycles. The zero-order valence-electron chi connectivity index (χ0n) is 6.55. The van der Waals surface area contributed by atoms with E-state index in [-0.39, 0.29) is 0 Å². The maximum Gasteiger partial charge on any atom is 0.0580 e. The van der Waals surface area contributed by atoms with Gasteiger partial charge in [-0.2, -0.15) is 0 Å². The van der Waals surface area contributed by atoms with E-state index in [1.54, 1.807) is 0 Å². The monoisotopic (exact) mass is 144 g/mol. The first kappa shape index (κ1) is 8.02. The number of aliphatic hydroxyl groups is 1. The predicted molar refractivity (Wildman–Crippen MR) is 39.9 cm³/mol. The van der Waals surface area contributed by atoms with Crippen LogP contribution in [0.3, 0.4) is 0 Å². The van der Waals surface area contributed by atoms with Crippen LogP contribution in [0.15, 0.2) is 0 Å². The molecule has 1 aliphatic heterocycles. The van der Waals surface area contributed by atoms with E-state index in [2.05, 4.69) is 6.92 Å². The Labute approximate surface area is 62.2 Å². The van der Waals surface area contributed by atoms with E-state index in [0.717, 1.165) is 12.8 Å². The van der Waals surface area contributed by atoms with Crippen molar-refractivity contribution in [3.8, 4) is 0 Å². The standard InChI is InChI=1S/C8H16O2/c1-7-4-5-8(10-7)3-2-6-9/h7-9H,2-6H2,1H3/t7-,8-/m0/s1. The maximum atomic E-state index is 8.54. The van der Waals surface area contributed by atoms with Gasteiger partial charge in [0.2, 0.25) is 0 Å². The molecule has 1 heterocycles. The van der Waals surface area contributed by atoms with E-state index in [9.17, 15) is 0 Å². The molecule has 0 unspecified atom stereocenters. The van der Waals surface area contributed by atoms with Gasteiger partial charge in [0.25, 0.3) is 0 Å². The predicted octanol–water partition coefficient (Wildman–Crippen LogP) is 1.33. The van der Waals surface area contributed by atoms with E-state index in [4.69, 9.17) is 9.84 Å². The van der Waals surface area contributed by atoms with Gasteiger partial charge in [-0.05, 0) is 32.6 Å². The molecule has 1 fully saturated rings. The van der Waals surface area contributed by atoms with E-state index < -0.39 is 0 Å². The molecule has 1 rings (SSSR count). The first-order valence-corrected chi connectivity index (χ1v) is 4.09. The highest BCUT2D eigenvalue weighted by Crippen LogP contribution is 2.22. The molecule has 2 atom stereocenters. The van der Waals surface area contributed by atoms with Crippen molar-refractivity contribution >= 4 is 0 Å². The van der Waals surface area contributed by atoms with Crippen molar-refractivity contribution in [1.82, 2.24) is 0 Å². The molecule has 0 radical (unpaired) electrons. The lowest BCUT2D eigenvalue weighted by atomic mass is 10.1. The quantitative estimate of drug-likeness (QED) is 0.647. The molecule has 60 valence electrons. The average Bonchev–Trinajstić information content (AvgIpc) is 2.31. The van der Waals surface area contributed by atoms with Crippen LogP contribution in [0, 0.1) is 0 Å². The number of aliphatic hydroxyl groups excluding tert-OH is 1. The van der Waals surface area contributed by atoms with Gasteiger partial charge in [-0.1, -0.05) is 0 Å². The highest BCUT2D eigenvalue weighted by atomic mass is 16.5. The van der Waals surface area contributed by atoms with Gasteiger partial charge in [-0.3, -0.25) is 0 Å². The molecule has 0 aromatic heterocycles. The van der Waals surface area contributed by atoms with Crippen LogP contribution in [0.5, 0.6) is 0 Å². The third-order valence-electron chi connectivity index (χ3n) is 2.00. The third kappa shape index (κ3) is 2.27. The second kappa shape index (κ2) is 3.94. The lowest BCUT2D eigenvalue weighted by Gasteiger charge is -2.08. The summed E-state index contributed by atoms with van der Waals surface area (Å²) in [6.07, 6.45) is 5.17. The zero-order chi connectivity index (χ0) is 7.40. The highest BCUT2D eigenvalue weighted by molar-refractivity contribution is 4.69. The molecule has 1 N–H and O–H groups in total. The Morgan fingerprint density at radius 3 is 2.80 bits per heavy atom. The summed E-state index contributed by atoms with van der Waals surface area (Å²) < 4.78 is 5.55. The van der Waals surface area contributed by atoms with Crippen LogP contribution >= 0.6 is 0 Å². The second-order valence-corrected chi connectivity index (χ2v) is 3.01. The molecule has 0 spiro atoms. The van der Waals surface area contributed by atoms with Crippen molar-refractivity contribution in [3.05, 3.63) is 0 Å². The summed E-state index contributed by atoms with van der Waals surface area (Å²) in [4.78, 5) is 0. The second-order valence-electron chi connectivity index (χ2n) is 3.01. The highest BCUT2D eigenvalue weighted by Gasteiger charge is 2.20. The molecule has 0 aromatic rings. The van der Waals surface area contributed by atoms with Crippen LogP contribution in [-0.4, -0.2) is 23.9 Å². The summed E-state index contributed by atoms with van der Waals surface area (Å²) in [5, 5.41) is 8.54. The fourth-order valence-electron chi connectivity index (χ4n) is 1.42. The van der Waals surface area contributed by atoms with Crippen LogP contribution < -0.4 is 0 Å². The fraction of sp³-hybridized carbons (Fsp3) is 1.00. The topological polar surface area (TPSA) is 29.5 Å². The number of hydrogen-bond donors (Lipinski definition) is 1. The molecule has 2 heteroatoms. The van der Waals surface area contributed by atoms with Gasteiger partial charge in [0.05, 0.1) is 12.2 Å². The van der Waals surface area contributed by atoms with Crippen molar-refractivity contribution in [2.45, 2.75) is 44.8 Å². The fourth-order valence-corrected chi connectivity index (χ4v) is 1.42. The molecule has 0 aromatic carbocycles. The van der Waals surface area contributed by atoms with Crippen molar-refractivity contribution in [1.29, 1.82) is 0 Å². The normalized spacial score (nSPS) is 33.0. The molecular formula is C8H16O2. The summed E-state index contributed by atoms with van der Waals surface area (Å²) in [6, 6.07) is 0.